The second kappa shape index (κ2) is 9.47. The minimum absolute atomic E-state index is 0.193. The molecule has 0 saturated carbocycles. The molecule has 0 spiro atoms. The molecule has 0 aromatic heterocycles. The summed E-state index contributed by atoms with van der Waals surface area (Å²) in [5.41, 5.74) is 2.70. The first-order chi connectivity index (χ1) is 15.0. The Kier molecular flexibility index (Phi) is 6.70. The van der Waals surface area contributed by atoms with Gasteiger partial charge in [0.25, 0.3) is 10.0 Å². The van der Waals surface area contributed by atoms with Gasteiger partial charge in [-0.15, -0.1) is 0 Å². The fraction of sp³-hybridized carbons (Fsp3) is 0.333. The lowest BCUT2D eigenvalue weighted by atomic mass is 10.1. The minimum atomic E-state index is -3.88. The summed E-state index contributed by atoms with van der Waals surface area (Å²) in [6, 6.07) is 18.7. The number of anilines is 2. The molecule has 5 nitrogen and oxygen atoms in total. The van der Waals surface area contributed by atoms with Crippen LogP contribution in [0.4, 0.5) is 11.4 Å². The average molecular weight is 458 g/mol. The van der Waals surface area contributed by atoms with Gasteiger partial charge < -0.3 is 10.2 Å². The molecule has 3 aromatic carbocycles. The van der Waals surface area contributed by atoms with Crippen LogP contribution in [0.1, 0.15) is 25.3 Å². The number of sulfonamides is 1. The van der Waals surface area contributed by atoms with E-state index in [2.05, 4.69) is 17.1 Å². The highest BCUT2D eigenvalue weighted by Crippen LogP contribution is 2.37. The number of halogens is 1. The molecule has 1 N–H and O–H groups in total. The summed E-state index contributed by atoms with van der Waals surface area (Å²) in [4.78, 5) is 2.52. The van der Waals surface area contributed by atoms with E-state index in [4.69, 9.17) is 11.8 Å². The van der Waals surface area contributed by atoms with Crippen molar-refractivity contribution < 1.29 is 8.42 Å². The molecule has 0 bridgehead atoms. The summed E-state index contributed by atoms with van der Waals surface area (Å²) < 4.78 is 27.4. The van der Waals surface area contributed by atoms with Gasteiger partial charge in [0, 0.05) is 54.4 Å². The fourth-order valence-corrected chi connectivity index (χ4v) is 5.50. The third-order valence-corrected chi connectivity index (χ3v) is 7.99. The van der Waals surface area contributed by atoms with E-state index >= 15 is 0 Å². The number of piperazine rings is 1. The number of nitrogens with one attached hydrogen (secondary N) is 1. The van der Waals surface area contributed by atoms with Crippen molar-refractivity contribution >= 4 is 43.9 Å². The number of hydrogen-bond acceptors (Lipinski definition) is 4. The number of rotatable bonds is 7. The third-order valence-electron chi connectivity index (χ3n) is 5.78. The van der Waals surface area contributed by atoms with Gasteiger partial charge in [-0.1, -0.05) is 49.7 Å². The topological polar surface area (TPSA) is 52.7 Å². The Morgan fingerprint density at radius 1 is 0.968 bits per heavy atom. The lowest BCUT2D eigenvalue weighted by Crippen LogP contribution is -2.43. The maximum absolute atomic E-state index is 13.3. The predicted molar refractivity (Wildman–Crippen MR) is 130 cm³/mol. The molecule has 7 heteroatoms. The highest BCUT2D eigenvalue weighted by Gasteiger charge is 2.26. The summed E-state index contributed by atoms with van der Waals surface area (Å²) in [6.45, 7) is 5.83. The van der Waals surface area contributed by atoms with Crippen LogP contribution in [0.25, 0.3) is 10.8 Å². The Morgan fingerprint density at radius 2 is 1.65 bits per heavy atom. The quantitative estimate of drug-likeness (QED) is 0.510. The van der Waals surface area contributed by atoms with E-state index < -0.39 is 10.0 Å². The molecule has 0 aliphatic carbocycles. The lowest BCUT2D eigenvalue weighted by molar-refractivity contribution is 0.590. The van der Waals surface area contributed by atoms with Gasteiger partial charge in [0.05, 0.1) is 10.6 Å². The highest BCUT2D eigenvalue weighted by molar-refractivity contribution is 7.94. The molecule has 164 valence electrons. The van der Waals surface area contributed by atoms with Crippen LogP contribution in [0.2, 0.25) is 0 Å². The van der Waals surface area contributed by atoms with Gasteiger partial charge in [-0.2, -0.15) is 12.2 Å². The lowest BCUT2D eigenvalue weighted by Gasteiger charge is -2.31. The molecule has 1 saturated heterocycles. The van der Waals surface area contributed by atoms with Crippen molar-refractivity contribution in [2.75, 3.05) is 34.9 Å². The minimum Gasteiger partial charge on any atom is -0.368 e. The molecule has 0 amide bonds. The first-order valence-corrected chi connectivity index (χ1v) is 12.6. The molecule has 0 unspecified atom stereocenters. The van der Waals surface area contributed by atoms with Gasteiger partial charge in [0.1, 0.15) is 0 Å². The van der Waals surface area contributed by atoms with Crippen molar-refractivity contribution in [1.29, 1.82) is 0 Å². The molecule has 1 heterocycles. The highest BCUT2D eigenvalue weighted by atomic mass is 35.5. The van der Waals surface area contributed by atoms with Gasteiger partial charge >= 0.3 is 0 Å². The molecule has 1 aliphatic heterocycles. The third kappa shape index (κ3) is 4.52. The van der Waals surface area contributed by atoms with Gasteiger partial charge in [0.2, 0.25) is 0 Å². The van der Waals surface area contributed by atoms with E-state index in [9.17, 15) is 8.42 Å². The molecule has 0 radical (unpaired) electrons. The molecule has 4 rings (SSSR count). The van der Waals surface area contributed by atoms with Crippen LogP contribution in [0.3, 0.4) is 0 Å². The van der Waals surface area contributed by atoms with Gasteiger partial charge in [-0.05, 0) is 42.7 Å². The number of aryl methyl sites for hydroxylation is 1. The molecule has 0 atom stereocenters. The Balaban J connectivity index is 1.69. The molecule has 1 aliphatic rings. The number of fused-ring (bicyclic) bond motifs is 1. The first-order valence-electron chi connectivity index (χ1n) is 10.8. The Labute approximate surface area is 189 Å². The van der Waals surface area contributed by atoms with Crippen molar-refractivity contribution in [3.63, 3.8) is 0 Å². The van der Waals surface area contributed by atoms with E-state index in [0.29, 0.717) is 5.69 Å². The SMILES string of the molecule is CCCCc1ccc(S(=O)(=O)N(Cl)c2ccc(N3CCNCC3)c3ccccc23)cc1. The monoisotopic (exact) mass is 457 g/mol. The average Bonchev–Trinajstić information content (AvgIpc) is 2.82. The number of unbranched alkanes of at least 4 members (excludes halogenated alkanes) is 1. The fourth-order valence-electron chi connectivity index (χ4n) is 4.03. The zero-order valence-corrected chi connectivity index (χ0v) is 19.3. The summed E-state index contributed by atoms with van der Waals surface area (Å²) >= 11 is 6.49. The Hall–Kier alpha value is -2.28. The predicted octanol–water partition coefficient (Wildman–Crippen LogP) is 4.94. The maximum atomic E-state index is 13.3. The summed E-state index contributed by atoms with van der Waals surface area (Å²) in [6.07, 6.45) is 3.13. The van der Waals surface area contributed by atoms with Crippen LogP contribution in [0.15, 0.2) is 65.6 Å². The Bertz CT molecular complexity index is 1140. The first kappa shape index (κ1) is 21.9. The van der Waals surface area contributed by atoms with Crippen LogP contribution in [-0.2, 0) is 16.4 Å². The van der Waals surface area contributed by atoms with E-state index in [1.165, 1.54) is 0 Å². The number of hydrogen-bond donors (Lipinski definition) is 1. The molecule has 3 aromatic rings. The smallest absolute Gasteiger partial charge is 0.278 e. The Morgan fingerprint density at radius 3 is 2.32 bits per heavy atom. The molecular weight excluding hydrogens is 430 g/mol. The zero-order chi connectivity index (χ0) is 21.8. The van der Waals surface area contributed by atoms with Crippen molar-refractivity contribution in [1.82, 2.24) is 5.32 Å². The van der Waals surface area contributed by atoms with Crippen LogP contribution < -0.4 is 14.0 Å². The van der Waals surface area contributed by atoms with Crippen molar-refractivity contribution in [3.8, 4) is 0 Å². The van der Waals surface area contributed by atoms with E-state index in [0.717, 1.165) is 71.3 Å². The van der Waals surface area contributed by atoms with Crippen molar-refractivity contribution in [2.45, 2.75) is 31.1 Å². The van der Waals surface area contributed by atoms with E-state index in [1.54, 1.807) is 18.2 Å². The normalized spacial score (nSPS) is 14.7. The summed E-state index contributed by atoms with van der Waals surface area (Å²) in [5, 5.41) is 5.18. The van der Waals surface area contributed by atoms with Crippen LogP contribution in [0, 0.1) is 0 Å². The van der Waals surface area contributed by atoms with Crippen LogP contribution in [-0.4, -0.2) is 34.6 Å². The zero-order valence-electron chi connectivity index (χ0n) is 17.7. The second-order valence-electron chi connectivity index (χ2n) is 7.85. The second-order valence-corrected chi connectivity index (χ2v) is 10.2. The molecule has 1 fully saturated rings. The van der Waals surface area contributed by atoms with Crippen molar-refractivity contribution in [3.05, 3.63) is 66.2 Å². The van der Waals surface area contributed by atoms with Gasteiger partial charge in [-0.25, -0.2) is 0 Å². The number of benzene rings is 3. The van der Waals surface area contributed by atoms with E-state index in [-0.39, 0.29) is 4.90 Å². The molecule has 31 heavy (non-hydrogen) atoms. The van der Waals surface area contributed by atoms with Crippen molar-refractivity contribution in [2.24, 2.45) is 0 Å². The summed E-state index contributed by atoms with van der Waals surface area (Å²) in [5.74, 6) is 0. The molecular formula is C24H28ClN3O2S. The van der Waals surface area contributed by atoms with E-state index in [1.807, 2.05) is 42.5 Å². The number of nitrogens with zero attached hydrogens (tertiary/aromatic N) is 2. The van der Waals surface area contributed by atoms with Crippen LogP contribution >= 0.6 is 11.8 Å². The van der Waals surface area contributed by atoms with Gasteiger partial charge in [0.15, 0.2) is 0 Å². The summed E-state index contributed by atoms with van der Waals surface area (Å²) in [7, 11) is -3.88. The maximum Gasteiger partial charge on any atom is 0.278 e. The largest absolute Gasteiger partial charge is 0.368 e. The standard InChI is InChI=1S/C24H28ClN3O2S/c1-2-3-6-19-9-11-20(12-10-19)31(29,30)28(25)24-14-13-23(27-17-15-26-16-18-27)21-7-4-5-8-22(21)24/h4-5,7-14,26H,2-3,6,15-18H2,1H3. The van der Waals surface area contributed by atoms with Crippen LogP contribution in [0.5, 0.6) is 0 Å². The van der Waals surface area contributed by atoms with Gasteiger partial charge in [-0.3, -0.25) is 0 Å².